The van der Waals surface area contributed by atoms with Gasteiger partial charge in [-0.25, -0.2) is 0 Å². The molecule has 1 amide bonds. The maximum atomic E-state index is 12.0. The minimum absolute atomic E-state index is 0.0494. The predicted molar refractivity (Wildman–Crippen MR) is 86.6 cm³/mol. The van der Waals surface area contributed by atoms with Gasteiger partial charge in [-0.05, 0) is 42.5 Å². The van der Waals surface area contributed by atoms with Crippen molar-refractivity contribution in [2.75, 3.05) is 13.2 Å². The van der Waals surface area contributed by atoms with Gasteiger partial charge in [0.1, 0.15) is 13.2 Å². The molecule has 0 radical (unpaired) electrons. The second-order valence-corrected chi connectivity index (χ2v) is 6.30. The fourth-order valence-electron chi connectivity index (χ4n) is 2.42. The van der Waals surface area contributed by atoms with Gasteiger partial charge in [-0.1, -0.05) is 12.1 Å². The SMILES string of the molecule is C[C@@H](NC(=O)CCc1cccs1)c1ccc2c(c1)OCCO2. The maximum Gasteiger partial charge on any atom is 0.220 e. The Balaban J connectivity index is 1.56. The van der Waals surface area contributed by atoms with Gasteiger partial charge in [0.15, 0.2) is 11.5 Å². The quantitative estimate of drug-likeness (QED) is 0.920. The van der Waals surface area contributed by atoms with E-state index in [0.29, 0.717) is 19.6 Å². The van der Waals surface area contributed by atoms with Crippen LogP contribution in [0, 0.1) is 0 Å². The van der Waals surface area contributed by atoms with E-state index in [2.05, 4.69) is 11.4 Å². The molecule has 0 saturated heterocycles. The largest absolute Gasteiger partial charge is 0.486 e. The summed E-state index contributed by atoms with van der Waals surface area (Å²) in [4.78, 5) is 13.3. The molecule has 116 valence electrons. The van der Waals surface area contributed by atoms with Crippen LogP contribution in [0.2, 0.25) is 0 Å². The molecule has 0 aliphatic carbocycles. The molecule has 2 heterocycles. The fourth-order valence-corrected chi connectivity index (χ4v) is 3.13. The first-order valence-electron chi connectivity index (χ1n) is 7.43. The van der Waals surface area contributed by atoms with E-state index in [1.807, 2.05) is 36.6 Å². The summed E-state index contributed by atoms with van der Waals surface area (Å²) in [5.41, 5.74) is 1.02. The van der Waals surface area contributed by atoms with E-state index in [1.54, 1.807) is 11.3 Å². The molecule has 2 aromatic rings. The second-order valence-electron chi connectivity index (χ2n) is 5.27. The molecule has 0 saturated carbocycles. The van der Waals surface area contributed by atoms with Crippen molar-refractivity contribution in [2.45, 2.75) is 25.8 Å². The topological polar surface area (TPSA) is 47.6 Å². The van der Waals surface area contributed by atoms with Crippen LogP contribution in [0.1, 0.15) is 29.8 Å². The van der Waals surface area contributed by atoms with E-state index < -0.39 is 0 Å². The van der Waals surface area contributed by atoms with Crippen molar-refractivity contribution in [3.63, 3.8) is 0 Å². The second kappa shape index (κ2) is 6.83. The number of ether oxygens (including phenoxy) is 2. The summed E-state index contributed by atoms with van der Waals surface area (Å²) in [6, 6.07) is 9.83. The highest BCUT2D eigenvalue weighted by atomic mass is 32.1. The lowest BCUT2D eigenvalue weighted by molar-refractivity contribution is -0.121. The van der Waals surface area contributed by atoms with Gasteiger partial charge in [-0.2, -0.15) is 0 Å². The molecule has 1 aromatic heterocycles. The molecule has 1 N–H and O–H groups in total. The Morgan fingerprint density at radius 1 is 1.27 bits per heavy atom. The van der Waals surface area contributed by atoms with E-state index in [1.165, 1.54) is 4.88 Å². The third-order valence-electron chi connectivity index (χ3n) is 3.62. The van der Waals surface area contributed by atoms with Crippen molar-refractivity contribution in [2.24, 2.45) is 0 Å². The number of carbonyl (C=O) groups excluding carboxylic acids is 1. The van der Waals surface area contributed by atoms with Crippen molar-refractivity contribution in [3.05, 3.63) is 46.2 Å². The summed E-state index contributed by atoms with van der Waals surface area (Å²) in [6.07, 6.45) is 1.30. The summed E-state index contributed by atoms with van der Waals surface area (Å²) >= 11 is 1.69. The summed E-state index contributed by atoms with van der Waals surface area (Å²) < 4.78 is 11.1. The summed E-state index contributed by atoms with van der Waals surface area (Å²) in [5.74, 6) is 1.59. The monoisotopic (exact) mass is 317 g/mol. The van der Waals surface area contributed by atoms with E-state index in [0.717, 1.165) is 23.5 Å². The first-order chi connectivity index (χ1) is 10.7. The highest BCUT2D eigenvalue weighted by Gasteiger charge is 2.15. The zero-order chi connectivity index (χ0) is 15.4. The third kappa shape index (κ3) is 3.60. The average Bonchev–Trinajstić information content (AvgIpc) is 3.06. The van der Waals surface area contributed by atoms with E-state index in [9.17, 15) is 4.79 Å². The number of hydrogen-bond acceptors (Lipinski definition) is 4. The van der Waals surface area contributed by atoms with Crippen molar-refractivity contribution in [3.8, 4) is 11.5 Å². The van der Waals surface area contributed by atoms with Crippen molar-refractivity contribution >= 4 is 17.2 Å². The standard InChI is InChI=1S/C17H19NO3S/c1-12(18-17(19)7-5-14-3-2-10-22-14)13-4-6-15-16(11-13)21-9-8-20-15/h2-4,6,10-12H,5,7-9H2,1H3,(H,18,19)/t12-/m1/s1. The van der Waals surface area contributed by atoms with Gasteiger partial charge in [0, 0.05) is 11.3 Å². The number of fused-ring (bicyclic) bond motifs is 1. The first kappa shape index (κ1) is 14.9. The number of carbonyl (C=O) groups is 1. The highest BCUT2D eigenvalue weighted by Crippen LogP contribution is 2.32. The maximum absolute atomic E-state index is 12.0. The van der Waals surface area contributed by atoms with Crippen LogP contribution in [-0.2, 0) is 11.2 Å². The molecule has 0 fully saturated rings. The molecule has 0 bridgehead atoms. The van der Waals surface area contributed by atoms with Crippen LogP contribution >= 0.6 is 11.3 Å². The van der Waals surface area contributed by atoms with Crippen molar-refractivity contribution in [1.29, 1.82) is 0 Å². The molecule has 1 aromatic carbocycles. The number of benzene rings is 1. The molecule has 0 spiro atoms. The summed E-state index contributed by atoms with van der Waals surface area (Å²) in [7, 11) is 0. The van der Waals surface area contributed by atoms with Crippen LogP contribution in [0.25, 0.3) is 0 Å². The van der Waals surface area contributed by atoms with Gasteiger partial charge in [0.2, 0.25) is 5.91 Å². The molecule has 1 aliphatic rings. The molecule has 22 heavy (non-hydrogen) atoms. The van der Waals surface area contributed by atoms with Crippen LogP contribution in [-0.4, -0.2) is 19.1 Å². The van der Waals surface area contributed by atoms with Gasteiger partial charge in [-0.3, -0.25) is 4.79 Å². The number of rotatable bonds is 5. The molecule has 0 unspecified atom stereocenters. The summed E-state index contributed by atoms with van der Waals surface area (Å²) in [6.45, 7) is 3.13. The zero-order valence-corrected chi connectivity index (χ0v) is 13.3. The number of amides is 1. The highest BCUT2D eigenvalue weighted by molar-refractivity contribution is 7.09. The first-order valence-corrected chi connectivity index (χ1v) is 8.31. The van der Waals surface area contributed by atoms with Crippen molar-refractivity contribution in [1.82, 2.24) is 5.32 Å². The minimum Gasteiger partial charge on any atom is -0.486 e. The Kier molecular flexibility index (Phi) is 4.63. The Morgan fingerprint density at radius 2 is 2.09 bits per heavy atom. The minimum atomic E-state index is -0.0494. The van der Waals surface area contributed by atoms with Crippen LogP contribution in [0.5, 0.6) is 11.5 Å². The Labute approximate surface area is 134 Å². The van der Waals surface area contributed by atoms with E-state index >= 15 is 0 Å². The number of aryl methyl sites for hydroxylation is 1. The molecule has 4 nitrogen and oxygen atoms in total. The Hall–Kier alpha value is -2.01. The lowest BCUT2D eigenvalue weighted by Gasteiger charge is -2.21. The van der Waals surface area contributed by atoms with E-state index in [4.69, 9.17) is 9.47 Å². The van der Waals surface area contributed by atoms with Gasteiger partial charge >= 0.3 is 0 Å². The summed E-state index contributed by atoms with van der Waals surface area (Å²) in [5, 5.41) is 5.07. The number of hydrogen-bond donors (Lipinski definition) is 1. The Bertz CT molecular complexity index is 639. The van der Waals surface area contributed by atoms with Gasteiger partial charge in [0.05, 0.1) is 6.04 Å². The molecule has 1 aliphatic heterocycles. The van der Waals surface area contributed by atoms with Gasteiger partial charge in [0.25, 0.3) is 0 Å². The van der Waals surface area contributed by atoms with Gasteiger partial charge < -0.3 is 14.8 Å². The molecule has 1 atom stereocenters. The smallest absolute Gasteiger partial charge is 0.220 e. The van der Waals surface area contributed by atoms with Crippen LogP contribution in [0.15, 0.2) is 35.7 Å². The van der Waals surface area contributed by atoms with Crippen molar-refractivity contribution < 1.29 is 14.3 Å². The Morgan fingerprint density at radius 3 is 2.86 bits per heavy atom. The number of nitrogens with one attached hydrogen (secondary N) is 1. The fraction of sp³-hybridized carbons (Fsp3) is 0.353. The normalized spacial score (nSPS) is 14.4. The zero-order valence-electron chi connectivity index (χ0n) is 12.5. The lowest BCUT2D eigenvalue weighted by atomic mass is 10.1. The number of thiophene rings is 1. The molecular formula is C17H19NO3S. The van der Waals surface area contributed by atoms with Crippen LogP contribution in [0.4, 0.5) is 0 Å². The molecule has 3 rings (SSSR count). The van der Waals surface area contributed by atoms with Gasteiger partial charge in [-0.15, -0.1) is 11.3 Å². The third-order valence-corrected chi connectivity index (χ3v) is 4.56. The van der Waals surface area contributed by atoms with Crippen LogP contribution in [0.3, 0.4) is 0 Å². The predicted octanol–water partition coefficient (Wildman–Crippen LogP) is 3.33. The van der Waals surface area contributed by atoms with E-state index in [-0.39, 0.29) is 11.9 Å². The molecule has 5 heteroatoms. The molecular weight excluding hydrogens is 298 g/mol. The average molecular weight is 317 g/mol. The lowest BCUT2D eigenvalue weighted by Crippen LogP contribution is -2.27. The van der Waals surface area contributed by atoms with Crippen LogP contribution < -0.4 is 14.8 Å².